The molecule has 0 saturated carbocycles. The van der Waals surface area contributed by atoms with Gasteiger partial charge in [0.1, 0.15) is 0 Å². The van der Waals surface area contributed by atoms with E-state index in [4.69, 9.17) is 5.73 Å². The minimum atomic E-state index is 0. The standard InChI is InChI=1S/C7H14N2.2ClH/c8-7-4-1-2-6(9-7)3-5-7;;/h6,9H,1-5,8H2;2*1H. The van der Waals surface area contributed by atoms with Crippen molar-refractivity contribution >= 4 is 24.8 Å². The molecular weight excluding hydrogens is 183 g/mol. The van der Waals surface area contributed by atoms with E-state index in [2.05, 4.69) is 5.32 Å². The van der Waals surface area contributed by atoms with Gasteiger partial charge in [-0.05, 0) is 32.1 Å². The van der Waals surface area contributed by atoms with Crippen LogP contribution in [0.5, 0.6) is 0 Å². The summed E-state index contributed by atoms with van der Waals surface area (Å²) >= 11 is 0. The SMILES string of the molecule is Cl.Cl.NC12CCCC(CC1)N2. The summed E-state index contributed by atoms with van der Waals surface area (Å²) in [5.74, 6) is 0. The van der Waals surface area contributed by atoms with E-state index < -0.39 is 0 Å². The third-order valence-corrected chi connectivity index (χ3v) is 2.61. The number of piperidine rings is 1. The van der Waals surface area contributed by atoms with Gasteiger partial charge in [-0.1, -0.05) is 0 Å². The molecule has 0 spiro atoms. The third-order valence-electron chi connectivity index (χ3n) is 2.61. The monoisotopic (exact) mass is 198 g/mol. The Morgan fingerprint density at radius 2 is 1.91 bits per heavy atom. The molecular formula is C7H16Cl2N2. The maximum Gasteiger partial charge on any atom is 0.0664 e. The van der Waals surface area contributed by atoms with Gasteiger partial charge in [-0.15, -0.1) is 24.8 Å². The normalized spacial score (nSPS) is 40.6. The molecule has 2 fully saturated rings. The summed E-state index contributed by atoms with van der Waals surface area (Å²) in [6, 6.07) is 0.753. The van der Waals surface area contributed by atoms with Crippen LogP contribution in [0.15, 0.2) is 0 Å². The summed E-state index contributed by atoms with van der Waals surface area (Å²) in [5.41, 5.74) is 6.03. The molecule has 2 atom stereocenters. The van der Waals surface area contributed by atoms with Gasteiger partial charge in [0, 0.05) is 6.04 Å². The van der Waals surface area contributed by atoms with Gasteiger partial charge in [0.05, 0.1) is 5.66 Å². The van der Waals surface area contributed by atoms with E-state index in [1.807, 2.05) is 0 Å². The molecule has 0 amide bonds. The van der Waals surface area contributed by atoms with Crippen LogP contribution in [0, 0.1) is 0 Å². The van der Waals surface area contributed by atoms with Crippen molar-refractivity contribution < 1.29 is 0 Å². The van der Waals surface area contributed by atoms with E-state index in [1.165, 1.54) is 32.1 Å². The highest BCUT2D eigenvalue weighted by Crippen LogP contribution is 2.31. The van der Waals surface area contributed by atoms with Crippen molar-refractivity contribution in [3.05, 3.63) is 0 Å². The molecule has 2 unspecified atom stereocenters. The molecule has 2 bridgehead atoms. The molecule has 2 aliphatic rings. The first-order chi connectivity index (χ1) is 4.29. The lowest BCUT2D eigenvalue weighted by Crippen LogP contribution is -2.53. The highest BCUT2D eigenvalue weighted by Gasteiger charge is 2.37. The van der Waals surface area contributed by atoms with Crippen molar-refractivity contribution in [1.82, 2.24) is 5.32 Å². The zero-order valence-electron chi connectivity index (χ0n) is 6.51. The van der Waals surface area contributed by atoms with Gasteiger partial charge >= 0.3 is 0 Å². The maximum atomic E-state index is 5.99. The summed E-state index contributed by atoms with van der Waals surface area (Å²) in [5, 5.41) is 3.44. The number of nitrogens with one attached hydrogen (secondary N) is 1. The van der Waals surface area contributed by atoms with Gasteiger partial charge in [0.15, 0.2) is 0 Å². The fourth-order valence-electron chi connectivity index (χ4n) is 2.06. The van der Waals surface area contributed by atoms with Gasteiger partial charge in [0.25, 0.3) is 0 Å². The van der Waals surface area contributed by atoms with Gasteiger partial charge in [0.2, 0.25) is 0 Å². The maximum absolute atomic E-state index is 5.99. The molecule has 3 N–H and O–H groups in total. The molecule has 4 heteroatoms. The third kappa shape index (κ3) is 2.22. The Bertz CT molecular complexity index is 128. The van der Waals surface area contributed by atoms with E-state index in [-0.39, 0.29) is 30.5 Å². The Hall–Kier alpha value is 0.500. The predicted molar refractivity (Wildman–Crippen MR) is 51.4 cm³/mol. The van der Waals surface area contributed by atoms with E-state index in [0.29, 0.717) is 0 Å². The van der Waals surface area contributed by atoms with Gasteiger partial charge in [-0.25, -0.2) is 0 Å². The van der Waals surface area contributed by atoms with Crippen LogP contribution >= 0.6 is 24.8 Å². The molecule has 0 aromatic heterocycles. The molecule has 0 aromatic rings. The van der Waals surface area contributed by atoms with Crippen molar-refractivity contribution in [2.75, 3.05) is 0 Å². The Labute approximate surface area is 80.1 Å². The number of rotatable bonds is 0. The number of fused-ring (bicyclic) bond motifs is 2. The van der Waals surface area contributed by atoms with Crippen molar-refractivity contribution in [2.24, 2.45) is 5.73 Å². The zero-order chi connectivity index (χ0) is 6.32. The quantitative estimate of drug-likeness (QED) is 0.619. The molecule has 0 aromatic carbocycles. The van der Waals surface area contributed by atoms with Crippen LogP contribution in [-0.4, -0.2) is 11.7 Å². The van der Waals surface area contributed by atoms with E-state index in [9.17, 15) is 0 Å². The summed E-state index contributed by atoms with van der Waals surface area (Å²) in [7, 11) is 0. The highest BCUT2D eigenvalue weighted by molar-refractivity contribution is 5.85. The average molecular weight is 199 g/mol. The summed E-state index contributed by atoms with van der Waals surface area (Å²) < 4.78 is 0. The van der Waals surface area contributed by atoms with Crippen molar-refractivity contribution in [3.63, 3.8) is 0 Å². The van der Waals surface area contributed by atoms with E-state index in [0.717, 1.165) is 6.04 Å². The van der Waals surface area contributed by atoms with Crippen molar-refractivity contribution in [1.29, 1.82) is 0 Å². The lowest BCUT2D eigenvalue weighted by Gasteiger charge is -2.30. The first-order valence-corrected chi connectivity index (χ1v) is 3.85. The Morgan fingerprint density at radius 1 is 1.18 bits per heavy atom. The lowest BCUT2D eigenvalue weighted by molar-refractivity contribution is 0.284. The van der Waals surface area contributed by atoms with Crippen LogP contribution in [0.3, 0.4) is 0 Å². The minimum absolute atomic E-state index is 0. The topological polar surface area (TPSA) is 38.0 Å². The molecule has 2 rings (SSSR count). The number of hydrogen-bond acceptors (Lipinski definition) is 2. The molecule has 2 aliphatic heterocycles. The van der Waals surface area contributed by atoms with Crippen LogP contribution in [-0.2, 0) is 0 Å². The number of nitrogens with two attached hydrogens (primary N) is 1. The fraction of sp³-hybridized carbons (Fsp3) is 1.00. The average Bonchev–Trinajstić information content (AvgIpc) is 2.07. The molecule has 0 radical (unpaired) electrons. The summed E-state index contributed by atoms with van der Waals surface area (Å²) in [6.07, 6.45) is 6.35. The van der Waals surface area contributed by atoms with Crippen LogP contribution < -0.4 is 11.1 Å². The lowest BCUT2D eigenvalue weighted by atomic mass is 10.0. The van der Waals surface area contributed by atoms with Crippen molar-refractivity contribution in [2.45, 2.75) is 43.8 Å². The second-order valence-electron chi connectivity index (χ2n) is 3.43. The van der Waals surface area contributed by atoms with E-state index >= 15 is 0 Å². The predicted octanol–water partition coefficient (Wildman–Crippen LogP) is 1.42. The fourth-order valence-corrected chi connectivity index (χ4v) is 2.06. The smallest absolute Gasteiger partial charge is 0.0664 e. The van der Waals surface area contributed by atoms with Crippen molar-refractivity contribution in [3.8, 4) is 0 Å². The molecule has 2 heterocycles. The first kappa shape index (κ1) is 11.5. The van der Waals surface area contributed by atoms with Gasteiger partial charge in [-0.3, -0.25) is 5.32 Å². The number of hydrogen-bond donors (Lipinski definition) is 2. The largest absolute Gasteiger partial charge is 0.313 e. The van der Waals surface area contributed by atoms with Crippen LogP contribution in [0.25, 0.3) is 0 Å². The summed E-state index contributed by atoms with van der Waals surface area (Å²) in [4.78, 5) is 0. The second-order valence-corrected chi connectivity index (χ2v) is 3.43. The first-order valence-electron chi connectivity index (χ1n) is 3.85. The van der Waals surface area contributed by atoms with Crippen LogP contribution in [0.4, 0.5) is 0 Å². The molecule has 0 aliphatic carbocycles. The Kier molecular flexibility index (Phi) is 4.12. The molecule has 11 heavy (non-hydrogen) atoms. The van der Waals surface area contributed by atoms with Gasteiger partial charge in [-0.2, -0.15) is 0 Å². The Morgan fingerprint density at radius 3 is 2.45 bits per heavy atom. The Balaban J connectivity index is 0.000000500. The van der Waals surface area contributed by atoms with Crippen LogP contribution in [0.1, 0.15) is 32.1 Å². The second kappa shape index (κ2) is 3.94. The van der Waals surface area contributed by atoms with Crippen LogP contribution in [0.2, 0.25) is 0 Å². The van der Waals surface area contributed by atoms with Gasteiger partial charge < -0.3 is 5.73 Å². The number of halogens is 2. The van der Waals surface area contributed by atoms with E-state index in [1.54, 1.807) is 0 Å². The molecule has 2 nitrogen and oxygen atoms in total. The minimum Gasteiger partial charge on any atom is -0.313 e. The highest BCUT2D eigenvalue weighted by atomic mass is 35.5. The molecule has 68 valence electrons. The zero-order valence-corrected chi connectivity index (χ0v) is 8.14. The summed E-state index contributed by atoms with van der Waals surface area (Å²) in [6.45, 7) is 0. The molecule has 2 saturated heterocycles.